The number of alkyl halides is 3. The first kappa shape index (κ1) is 22.2. The molecule has 5 nitrogen and oxygen atoms in total. The zero-order chi connectivity index (χ0) is 22.9. The standard InChI is InChI=1S/C24H25F3N2O3/c1-32-19-7-3-5-17(11-19)23(31)29-13-20(16-4-2-6-18(10-16)24(25,26)27)21(14-29)22(30)28-12-15-8-9-15/h2-7,10-11,15,20-21H,8-9,12-14H2,1H3,(H,28,30). The van der Waals surface area contributed by atoms with Gasteiger partial charge in [-0.15, -0.1) is 0 Å². The lowest BCUT2D eigenvalue weighted by molar-refractivity contribution is -0.137. The number of hydrogen-bond donors (Lipinski definition) is 1. The van der Waals surface area contributed by atoms with E-state index in [2.05, 4.69) is 5.32 Å². The highest BCUT2D eigenvalue weighted by Crippen LogP contribution is 2.37. The van der Waals surface area contributed by atoms with Crippen LogP contribution in [-0.4, -0.2) is 43.5 Å². The van der Waals surface area contributed by atoms with Crippen LogP contribution in [0.15, 0.2) is 48.5 Å². The van der Waals surface area contributed by atoms with Crippen molar-refractivity contribution in [3.8, 4) is 5.75 Å². The van der Waals surface area contributed by atoms with Crippen molar-refractivity contribution in [3.63, 3.8) is 0 Å². The second-order valence-corrected chi connectivity index (χ2v) is 8.47. The molecule has 2 atom stereocenters. The largest absolute Gasteiger partial charge is 0.497 e. The van der Waals surface area contributed by atoms with Crippen molar-refractivity contribution >= 4 is 11.8 Å². The van der Waals surface area contributed by atoms with Gasteiger partial charge in [0.25, 0.3) is 5.91 Å². The summed E-state index contributed by atoms with van der Waals surface area (Å²) in [4.78, 5) is 27.6. The normalized spacial score (nSPS) is 20.8. The smallest absolute Gasteiger partial charge is 0.416 e. The fourth-order valence-electron chi connectivity index (χ4n) is 4.16. The maximum atomic E-state index is 13.3. The van der Waals surface area contributed by atoms with E-state index in [9.17, 15) is 22.8 Å². The quantitative estimate of drug-likeness (QED) is 0.727. The lowest BCUT2D eigenvalue weighted by atomic mass is 9.87. The third-order valence-electron chi connectivity index (χ3n) is 6.16. The molecule has 2 aromatic rings. The number of nitrogens with one attached hydrogen (secondary N) is 1. The molecule has 1 saturated carbocycles. The first-order valence-corrected chi connectivity index (χ1v) is 10.6. The second kappa shape index (κ2) is 8.84. The molecule has 1 aliphatic carbocycles. The van der Waals surface area contributed by atoms with E-state index in [1.807, 2.05) is 0 Å². The first-order chi connectivity index (χ1) is 15.3. The van der Waals surface area contributed by atoms with Crippen molar-refractivity contribution in [2.45, 2.75) is 24.9 Å². The highest BCUT2D eigenvalue weighted by molar-refractivity contribution is 5.95. The van der Waals surface area contributed by atoms with Gasteiger partial charge in [-0.05, 0) is 48.6 Å². The molecular formula is C24H25F3N2O3. The van der Waals surface area contributed by atoms with Crippen molar-refractivity contribution in [1.29, 1.82) is 0 Å². The van der Waals surface area contributed by atoms with E-state index < -0.39 is 23.6 Å². The molecule has 0 aromatic heterocycles. The van der Waals surface area contributed by atoms with Crippen molar-refractivity contribution in [3.05, 3.63) is 65.2 Å². The van der Waals surface area contributed by atoms with Crippen LogP contribution in [0.25, 0.3) is 0 Å². The van der Waals surface area contributed by atoms with Crippen LogP contribution in [0.3, 0.4) is 0 Å². The average molecular weight is 446 g/mol. The monoisotopic (exact) mass is 446 g/mol. The van der Waals surface area contributed by atoms with Crippen molar-refractivity contribution in [2.24, 2.45) is 11.8 Å². The van der Waals surface area contributed by atoms with Crippen LogP contribution < -0.4 is 10.1 Å². The summed E-state index contributed by atoms with van der Waals surface area (Å²) in [5.74, 6) is -0.637. The van der Waals surface area contributed by atoms with Crippen LogP contribution >= 0.6 is 0 Å². The predicted molar refractivity (Wildman–Crippen MR) is 112 cm³/mol. The summed E-state index contributed by atoms with van der Waals surface area (Å²) < 4.78 is 45.0. The molecule has 1 aliphatic heterocycles. The second-order valence-electron chi connectivity index (χ2n) is 8.47. The molecule has 32 heavy (non-hydrogen) atoms. The summed E-state index contributed by atoms with van der Waals surface area (Å²) in [5.41, 5.74) is 0.0585. The number of hydrogen-bond acceptors (Lipinski definition) is 3. The van der Waals surface area contributed by atoms with Gasteiger partial charge in [-0.2, -0.15) is 13.2 Å². The fourth-order valence-corrected chi connectivity index (χ4v) is 4.16. The van der Waals surface area contributed by atoms with Gasteiger partial charge < -0.3 is 15.0 Å². The Labute approximate surface area is 184 Å². The molecule has 4 rings (SSSR count). The van der Waals surface area contributed by atoms with Gasteiger partial charge in [-0.3, -0.25) is 9.59 Å². The summed E-state index contributed by atoms with van der Waals surface area (Å²) in [5, 5.41) is 2.93. The third-order valence-corrected chi connectivity index (χ3v) is 6.16. The van der Waals surface area contributed by atoms with E-state index in [4.69, 9.17) is 4.74 Å². The maximum Gasteiger partial charge on any atom is 0.416 e. The third kappa shape index (κ3) is 4.89. The van der Waals surface area contributed by atoms with Gasteiger partial charge in [0.1, 0.15) is 5.75 Å². The van der Waals surface area contributed by atoms with Crippen LogP contribution in [0, 0.1) is 11.8 Å². The lowest BCUT2D eigenvalue weighted by Crippen LogP contribution is -2.36. The Balaban J connectivity index is 1.60. The van der Waals surface area contributed by atoms with E-state index in [-0.39, 0.29) is 24.9 Å². The summed E-state index contributed by atoms with van der Waals surface area (Å²) in [6, 6.07) is 11.7. The van der Waals surface area contributed by atoms with Gasteiger partial charge in [0.05, 0.1) is 18.6 Å². The van der Waals surface area contributed by atoms with Gasteiger partial charge in [-0.25, -0.2) is 0 Å². The lowest BCUT2D eigenvalue weighted by Gasteiger charge is -2.19. The highest BCUT2D eigenvalue weighted by Gasteiger charge is 2.42. The number of carbonyl (C=O) groups excluding carboxylic acids is 2. The molecule has 0 bridgehead atoms. The predicted octanol–water partition coefficient (Wildman–Crippen LogP) is 4.10. The number of nitrogens with zero attached hydrogens (tertiary/aromatic N) is 1. The van der Waals surface area contributed by atoms with Crippen molar-refractivity contribution < 1.29 is 27.5 Å². The Morgan fingerprint density at radius 1 is 1.09 bits per heavy atom. The molecule has 170 valence electrons. The van der Waals surface area contributed by atoms with E-state index >= 15 is 0 Å². The SMILES string of the molecule is COc1cccc(C(=O)N2CC(C(=O)NCC3CC3)C(c3cccc(C(F)(F)F)c3)C2)c1. The number of likely N-dealkylation sites (tertiary alicyclic amines) is 1. The highest BCUT2D eigenvalue weighted by atomic mass is 19.4. The minimum absolute atomic E-state index is 0.146. The topological polar surface area (TPSA) is 58.6 Å². The molecule has 2 aromatic carbocycles. The Morgan fingerprint density at radius 2 is 1.84 bits per heavy atom. The Kier molecular flexibility index (Phi) is 6.13. The van der Waals surface area contributed by atoms with Crippen molar-refractivity contribution in [2.75, 3.05) is 26.7 Å². The molecule has 0 spiro atoms. The van der Waals surface area contributed by atoms with E-state index in [1.165, 1.54) is 13.2 Å². The number of benzene rings is 2. The summed E-state index contributed by atoms with van der Waals surface area (Å²) in [6.07, 6.45) is -2.33. The maximum absolute atomic E-state index is 13.3. The van der Waals surface area contributed by atoms with Crippen LogP contribution in [0.5, 0.6) is 5.75 Å². The van der Waals surface area contributed by atoms with Gasteiger partial charge in [-0.1, -0.05) is 24.3 Å². The van der Waals surface area contributed by atoms with Crippen LogP contribution in [0.4, 0.5) is 13.2 Å². The Bertz CT molecular complexity index is 1000. The number of methoxy groups -OCH3 is 1. The van der Waals surface area contributed by atoms with Gasteiger partial charge in [0, 0.05) is 31.1 Å². The number of ether oxygens (including phenoxy) is 1. The number of rotatable bonds is 6. The zero-order valence-electron chi connectivity index (χ0n) is 17.7. The molecule has 1 N–H and O–H groups in total. The first-order valence-electron chi connectivity index (χ1n) is 10.6. The molecule has 2 unspecified atom stereocenters. The van der Waals surface area contributed by atoms with Gasteiger partial charge in [0.2, 0.25) is 5.91 Å². The molecule has 2 aliphatic rings. The molecule has 1 saturated heterocycles. The van der Waals surface area contributed by atoms with Crippen LogP contribution in [0.1, 0.15) is 40.2 Å². The minimum Gasteiger partial charge on any atom is -0.497 e. The molecule has 0 radical (unpaired) electrons. The summed E-state index contributed by atoms with van der Waals surface area (Å²) in [6.45, 7) is 0.876. The molecule has 2 amide bonds. The Morgan fingerprint density at radius 3 is 2.53 bits per heavy atom. The molecular weight excluding hydrogens is 421 g/mol. The van der Waals surface area contributed by atoms with E-state index in [0.717, 1.165) is 25.0 Å². The van der Waals surface area contributed by atoms with Crippen molar-refractivity contribution in [1.82, 2.24) is 10.2 Å². The average Bonchev–Trinajstić information content (AvgIpc) is 3.52. The van der Waals surface area contributed by atoms with Crippen LogP contribution in [0.2, 0.25) is 0 Å². The number of carbonyl (C=O) groups is 2. The molecule has 8 heteroatoms. The van der Waals surface area contributed by atoms with E-state index in [0.29, 0.717) is 29.3 Å². The molecule has 2 fully saturated rings. The number of halogens is 3. The molecule has 1 heterocycles. The van der Waals surface area contributed by atoms with E-state index in [1.54, 1.807) is 35.2 Å². The fraction of sp³-hybridized carbons (Fsp3) is 0.417. The Hall–Kier alpha value is -3.03. The minimum atomic E-state index is -4.48. The zero-order valence-corrected chi connectivity index (χ0v) is 17.7. The summed E-state index contributed by atoms with van der Waals surface area (Å²) >= 11 is 0. The summed E-state index contributed by atoms with van der Waals surface area (Å²) in [7, 11) is 1.50. The van der Waals surface area contributed by atoms with Crippen LogP contribution in [-0.2, 0) is 11.0 Å². The number of amides is 2. The van der Waals surface area contributed by atoms with Gasteiger partial charge in [0.15, 0.2) is 0 Å². The van der Waals surface area contributed by atoms with Gasteiger partial charge >= 0.3 is 6.18 Å².